The first-order valence-corrected chi connectivity index (χ1v) is 11.8. The number of benzene rings is 2. The van der Waals surface area contributed by atoms with E-state index in [1.165, 1.54) is 29.8 Å². The number of hydrogen-bond acceptors (Lipinski definition) is 9. The molecule has 12 heteroatoms. The number of carbonyl (C=O) groups is 3. The molecule has 1 aliphatic heterocycles. The maximum Gasteiger partial charge on any atom is 0.338 e. The van der Waals surface area contributed by atoms with Gasteiger partial charge in [0.25, 0.3) is 0 Å². The molecule has 6 N–H and O–H groups in total. The molecule has 0 unspecified atom stereocenters. The van der Waals surface area contributed by atoms with Crippen LogP contribution in [0.25, 0.3) is 0 Å². The molecule has 0 aliphatic carbocycles. The minimum Gasteiger partial charge on any atom is -0.479 e. The molecule has 3 rings (SSSR count). The van der Waals surface area contributed by atoms with Crippen molar-refractivity contribution in [2.24, 2.45) is 5.73 Å². The van der Waals surface area contributed by atoms with Crippen LogP contribution in [0.15, 0.2) is 36.4 Å². The summed E-state index contributed by atoms with van der Waals surface area (Å²) >= 11 is 0. The van der Waals surface area contributed by atoms with Crippen molar-refractivity contribution >= 4 is 23.6 Å². The number of carbonyl (C=O) groups excluding carboxylic acids is 1. The van der Waals surface area contributed by atoms with Crippen LogP contribution in [0.4, 0.5) is 10.1 Å². The van der Waals surface area contributed by atoms with E-state index in [1.54, 1.807) is 0 Å². The van der Waals surface area contributed by atoms with Gasteiger partial charge in [0.2, 0.25) is 0 Å². The molecular weight excluding hydrogens is 501 g/mol. The van der Waals surface area contributed by atoms with E-state index in [0.717, 1.165) is 30.6 Å². The van der Waals surface area contributed by atoms with Crippen molar-refractivity contribution in [3.8, 4) is 6.07 Å². The van der Waals surface area contributed by atoms with Gasteiger partial charge in [-0.2, -0.15) is 5.26 Å². The number of hydrogen-bond donors (Lipinski definition) is 5. The highest BCUT2D eigenvalue weighted by Crippen LogP contribution is 2.33. The van der Waals surface area contributed by atoms with Gasteiger partial charge in [-0.1, -0.05) is 6.07 Å². The van der Waals surface area contributed by atoms with Crippen molar-refractivity contribution in [3.63, 3.8) is 0 Å². The van der Waals surface area contributed by atoms with E-state index >= 15 is 0 Å². The molecule has 204 valence electrons. The number of nitriles is 1. The van der Waals surface area contributed by atoms with Crippen molar-refractivity contribution in [2.45, 2.75) is 44.4 Å². The molecule has 2 aromatic carbocycles. The number of nitrogens with zero attached hydrogens (tertiary/aromatic N) is 2. The number of aliphatic carboxylic acids is 2. The van der Waals surface area contributed by atoms with Gasteiger partial charge in [-0.15, -0.1) is 0 Å². The molecule has 0 saturated heterocycles. The number of nitrogens with two attached hydrogens (primary N) is 1. The van der Waals surface area contributed by atoms with Crippen LogP contribution in [0.2, 0.25) is 0 Å². The van der Waals surface area contributed by atoms with Crippen molar-refractivity contribution < 1.29 is 43.9 Å². The molecule has 0 fully saturated rings. The lowest BCUT2D eigenvalue weighted by Crippen LogP contribution is -2.39. The third-order valence-electron chi connectivity index (χ3n) is 5.58. The number of rotatable bonds is 10. The van der Waals surface area contributed by atoms with E-state index in [0.29, 0.717) is 24.1 Å². The molecule has 0 spiro atoms. The summed E-state index contributed by atoms with van der Waals surface area (Å²) in [4.78, 5) is 33.7. The van der Waals surface area contributed by atoms with Crippen molar-refractivity contribution in [2.75, 3.05) is 24.6 Å². The maximum absolute atomic E-state index is 12.9. The lowest BCUT2D eigenvalue weighted by atomic mass is 9.99. The average Bonchev–Trinajstić information content (AvgIpc) is 3.28. The van der Waals surface area contributed by atoms with E-state index in [2.05, 4.69) is 17.0 Å². The Kier molecular flexibility index (Phi) is 11.1. The number of esters is 1. The third-order valence-corrected chi connectivity index (χ3v) is 5.58. The summed E-state index contributed by atoms with van der Waals surface area (Å²) in [5.74, 6) is -4.38. The van der Waals surface area contributed by atoms with Crippen LogP contribution in [0.3, 0.4) is 0 Å². The first kappa shape index (κ1) is 30.2. The van der Waals surface area contributed by atoms with Crippen molar-refractivity contribution in [1.82, 2.24) is 0 Å². The fourth-order valence-corrected chi connectivity index (χ4v) is 3.85. The van der Waals surface area contributed by atoms with Gasteiger partial charge in [0, 0.05) is 19.1 Å². The van der Waals surface area contributed by atoms with Crippen LogP contribution >= 0.6 is 0 Å². The minimum atomic E-state index is -2.27. The summed E-state index contributed by atoms with van der Waals surface area (Å²) in [7, 11) is 0. The Bertz CT molecular complexity index is 1160. The fourth-order valence-electron chi connectivity index (χ4n) is 3.85. The Balaban J connectivity index is 0.000000432. The summed E-state index contributed by atoms with van der Waals surface area (Å²) < 4.78 is 18.2. The summed E-state index contributed by atoms with van der Waals surface area (Å²) in [6.07, 6.45) is -2.23. The number of carboxylic acids is 2. The zero-order chi connectivity index (χ0) is 28.4. The van der Waals surface area contributed by atoms with Gasteiger partial charge in [-0.3, -0.25) is 0 Å². The van der Waals surface area contributed by atoms with Gasteiger partial charge in [0.15, 0.2) is 12.2 Å². The topological polar surface area (TPSA) is 194 Å². The number of ether oxygens (including phenoxy) is 1. The van der Waals surface area contributed by atoms with Gasteiger partial charge in [0.1, 0.15) is 11.9 Å². The monoisotopic (exact) mass is 531 g/mol. The SMILES string of the molecule is C[C@@H](N)Cc1cc(C#N)c2c(c1)CCN2CCCOC(=O)c1ccc(F)cc1.O=C(O)[C@H](O)[C@@H](O)C(=O)O. The second kappa shape index (κ2) is 14.0. The van der Waals surface area contributed by atoms with E-state index in [4.69, 9.17) is 30.9 Å². The van der Waals surface area contributed by atoms with Crippen molar-refractivity contribution in [3.05, 3.63) is 64.5 Å². The van der Waals surface area contributed by atoms with Gasteiger partial charge in [-0.05, 0) is 67.6 Å². The van der Waals surface area contributed by atoms with Gasteiger partial charge < -0.3 is 35.8 Å². The van der Waals surface area contributed by atoms with Crippen LogP contribution in [0.5, 0.6) is 0 Å². The highest BCUT2D eigenvalue weighted by molar-refractivity contribution is 5.89. The lowest BCUT2D eigenvalue weighted by Gasteiger charge is -2.21. The molecule has 3 atom stereocenters. The predicted octanol–water partition coefficient (Wildman–Crippen LogP) is 1.07. The van der Waals surface area contributed by atoms with E-state index in [9.17, 15) is 24.0 Å². The third kappa shape index (κ3) is 8.52. The Morgan fingerprint density at radius 2 is 1.74 bits per heavy atom. The van der Waals surface area contributed by atoms with E-state index in [1.807, 2.05) is 13.0 Å². The summed E-state index contributed by atoms with van der Waals surface area (Å²) in [6.45, 7) is 3.77. The number of aliphatic hydroxyl groups is 2. The summed E-state index contributed by atoms with van der Waals surface area (Å²) in [5, 5.41) is 42.1. The number of fused-ring (bicyclic) bond motifs is 1. The van der Waals surface area contributed by atoms with Gasteiger partial charge in [-0.25, -0.2) is 18.8 Å². The summed E-state index contributed by atoms with van der Waals surface area (Å²) in [6, 6.07) is 11.7. The molecule has 0 aromatic heterocycles. The van der Waals surface area contributed by atoms with Gasteiger partial charge >= 0.3 is 17.9 Å². The maximum atomic E-state index is 12.9. The molecule has 0 amide bonds. The number of anilines is 1. The van der Waals surface area contributed by atoms with Crippen LogP contribution in [-0.4, -0.2) is 76.3 Å². The van der Waals surface area contributed by atoms with Crippen molar-refractivity contribution in [1.29, 1.82) is 5.26 Å². The van der Waals surface area contributed by atoms with Crippen LogP contribution in [0, 0.1) is 17.1 Å². The second-order valence-corrected chi connectivity index (χ2v) is 8.74. The number of halogens is 1. The molecule has 0 radical (unpaired) electrons. The molecule has 2 aromatic rings. The molecule has 11 nitrogen and oxygen atoms in total. The Morgan fingerprint density at radius 1 is 1.13 bits per heavy atom. The van der Waals surface area contributed by atoms with E-state index in [-0.39, 0.29) is 18.5 Å². The highest BCUT2D eigenvalue weighted by atomic mass is 19.1. The zero-order valence-electron chi connectivity index (χ0n) is 20.7. The average molecular weight is 532 g/mol. The highest BCUT2D eigenvalue weighted by Gasteiger charge is 2.29. The number of aliphatic hydroxyl groups excluding tert-OH is 2. The minimum absolute atomic E-state index is 0.0536. The first-order chi connectivity index (χ1) is 17.9. The molecule has 1 aliphatic rings. The first-order valence-electron chi connectivity index (χ1n) is 11.8. The predicted molar refractivity (Wildman–Crippen MR) is 133 cm³/mol. The Labute approximate surface area is 218 Å². The summed E-state index contributed by atoms with van der Waals surface area (Å²) in [5.41, 5.74) is 10.2. The standard InChI is InChI=1S/C22H24FN3O2.C4H6O6/c1-15(25)11-16-12-18-7-9-26(21(18)19(13-16)14-24)8-2-10-28-22(27)17-3-5-20(23)6-4-17;5-1(3(7)8)2(6)4(9)10/h3-6,12-13,15H,2,7-11,25H2,1H3;1-2,5-6H,(H,7,8)(H,9,10)/t15-;1-,2-/m11/s1. The lowest BCUT2D eigenvalue weighted by molar-refractivity contribution is -0.165. The quantitative estimate of drug-likeness (QED) is 0.217. The fraction of sp³-hybridized carbons (Fsp3) is 0.385. The van der Waals surface area contributed by atoms with Gasteiger partial charge in [0.05, 0.1) is 23.4 Å². The smallest absolute Gasteiger partial charge is 0.338 e. The second-order valence-electron chi connectivity index (χ2n) is 8.74. The van der Waals surface area contributed by atoms with Crippen LogP contribution in [-0.2, 0) is 27.2 Å². The molecule has 0 saturated carbocycles. The molecule has 38 heavy (non-hydrogen) atoms. The largest absolute Gasteiger partial charge is 0.479 e. The molecule has 1 heterocycles. The van der Waals surface area contributed by atoms with Crippen LogP contribution < -0.4 is 10.6 Å². The van der Waals surface area contributed by atoms with E-state index < -0.39 is 30.1 Å². The Hall–Kier alpha value is -4.05. The van der Waals surface area contributed by atoms with Crippen LogP contribution in [0.1, 0.15) is 40.4 Å². The zero-order valence-corrected chi connectivity index (χ0v) is 20.7. The molecule has 0 bridgehead atoms. The molecular formula is C26H30FN3O8. The number of carboxylic acid groups (broad SMARTS) is 2. The normalized spacial score (nSPS) is 14.3. The Morgan fingerprint density at radius 3 is 2.26 bits per heavy atom.